The molecule has 1 aliphatic rings. The molecule has 0 aromatic heterocycles. The molecule has 98 valence electrons. The van der Waals surface area contributed by atoms with E-state index in [2.05, 4.69) is 15.4 Å². The molecule has 2 N–H and O–H groups in total. The second kappa shape index (κ2) is 6.59. The van der Waals surface area contributed by atoms with Gasteiger partial charge in [0.15, 0.2) is 0 Å². The third-order valence-electron chi connectivity index (χ3n) is 3.07. The zero-order valence-electron chi connectivity index (χ0n) is 10.8. The SMILES string of the molecule is COC(=O)C(NC(=O)CC1CCNC1)C(C)C. The van der Waals surface area contributed by atoms with E-state index in [4.69, 9.17) is 0 Å². The second-order valence-corrected chi connectivity index (χ2v) is 4.88. The molecular formula is C12H22N2O3. The van der Waals surface area contributed by atoms with Crippen LogP contribution in [0.3, 0.4) is 0 Å². The van der Waals surface area contributed by atoms with Crippen LogP contribution in [0, 0.1) is 11.8 Å². The first-order chi connectivity index (χ1) is 8.04. The summed E-state index contributed by atoms with van der Waals surface area (Å²) in [7, 11) is 1.34. The van der Waals surface area contributed by atoms with Crippen molar-refractivity contribution in [1.29, 1.82) is 0 Å². The molecule has 1 heterocycles. The zero-order valence-corrected chi connectivity index (χ0v) is 10.8. The highest BCUT2D eigenvalue weighted by Gasteiger charge is 2.26. The molecule has 1 amide bonds. The maximum atomic E-state index is 11.8. The van der Waals surface area contributed by atoms with Gasteiger partial charge in [-0.25, -0.2) is 4.79 Å². The molecule has 0 bridgehead atoms. The lowest BCUT2D eigenvalue weighted by Crippen LogP contribution is -2.45. The van der Waals surface area contributed by atoms with Gasteiger partial charge < -0.3 is 15.4 Å². The van der Waals surface area contributed by atoms with E-state index in [1.165, 1.54) is 7.11 Å². The highest BCUT2D eigenvalue weighted by atomic mass is 16.5. The number of amides is 1. The lowest BCUT2D eigenvalue weighted by atomic mass is 10.0. The predicted octanol–water partition coefficient (Wildman–Crippen LogP) is 0.300. The van der Waals surface area contributed by atoms with E-state index >= 15 is 0 Å². The van der Waals surface area contributed by atoms with Crippen LogP contribution in [0.2, 0.25) is 0 Å². The first-order valence-electron chi connectivity index (χ1n) is 6.12. The molecule has 1 aliphatic heterocycles. The quantitative estimate of drug-likeness (QED) is 0.680. The first kappa shape index (κ1) is 14.0. The summed E-state index contributed by atoms with van der Waals surface area (Å²) in [5.41, 5.74) is 0. The Morgan fingerprint density at radius 1 is 1.47 bits per heavy atom. The van der Waals surface area contributed by atoms with Gasteiger partial charge in [-0.2, -0.15) is 0 Å². The molecule has 0 aromatic carbocycles. The summed E-state index contributed by atoms with van der Waals surface area (Å²) in [5.74, 6) is -0.0192. The van der Waals surface area contributed by atoms with Crippen molar-refractivity contribution in [3.8, 4) is 0 Å². The number of rotatable bonds is 5. The van der Waals surface area contributed by atoms with Gasteiger partial charge >= 0.3 is 5.97 Å². The van der Waals surface area contributed by atoms with Gasteiger partial charge in [0.25, 0.3) is 0 Å². The Kier molecular flexibility index (Phi) is 5.41. The normalized spacial score (nSPS) is 21.3. The summed E-state index contributed by atoms with van der Waals surface area (Å²) in [6.07, 6.45) is 1.51. The molecule has 0 aromatic rings. The highest BCUT2D eigenvalue weighted by molar-refractivity contribution is 5.84. The smallest absolute Gasteiger partial charge is 0.328 e. The molecule has 5 heteroatoms. The van der Waals surface area contributed by atoms with E-state index in [9.17, 15) is 9.59 Å². The molecule has 0 radical (unpaired) electrons. The monoisotopic (exact) mass is 242 g/mol. The summed E-state index contributed by atoms with van der Waals surface area (Å²) in [6.45, 7) is 5.64. The van der Waals surface area contributed by atoms with Crippen LogP contribution in [0.25, 0.3) is 0 Å². The van der Waals surface area contributed by atoms with Crippen LogP contribution < -0.4 is 10.6 Å². The molecule has 1 fully saturated rings. The Morgan fingerprint density at radius 2 is 2.18 bits per heavy atom. The number of hydrogen-bond donors (Lipinski definition) is 2. The van der Waals surface area contributed by atoms with E-state index in [1.807, 2.05) is 13.8 Å². The van der Waals surface area contributed by atoms with Gasteiger partial charge in [-0.15, -0.1) is 0 Å². The maximum absolute atomic E-state index is 11.8. The predicted molar refractivity (Wildman–Crippen MR) is 64.4 cm³/mol. The van der Waals surface area contributed by atoms with Gasteiger partial charge in [0.2, 0.25) is 5.91 Å². The zero-order chi connectivity index (χ0) is 12.8. The highest BCUT2D eigenvalue weighted by Crippen LogP contribution is 2.12. The number of hydrogen-bond acceptors (Lipinski definition) is 4. The van der Waals surface area contributed by atoms with Gasteiger partial charge in [-0.05, 0) is 31.3 Å². The van der Waals surface area contributed by atoms with Crippen LogP contribution in [0.1, 0.15) is 26.7 Å². The van der Waals surface area contributed by atoms with Crippen molar-refractivity contribution in [1.82, 2.24) is 10.6 Å². The second-order valence-electron chi connectivity index (χ2n) is 4.88. The molecule has 1 saturated heterocycles. The molecule has 2 unspecified atom stereocenters. The average Bonchev–Trinajstić information content (AvgIpc) is 2.77. The minimum absolute atomic E-state index is 0.0353. The van der Waals surface area contributed by atoms with E-state index in [-0.39, 0.29) is 17.8 Å². The van der Waals surface area contributed by atoms with E-state index in [0.717, 1.165) is 19.5 Å². The Balaban J connectivity index is 2.43. The van der Waals surface area contributed by atoms with Crippen LogP contribution in [0.5, 0.6) is 0 Å². The molecular weight excluding hydrogens is 220 g/mol. The van der Waals surface area contributed by atoms with Gasteiger partial charge in [0, 0.05) is 6.42 Å². The Morgan fingerprint density at radius 3 is 2.65 bits per heavy atom. The minimum atomic E-state index is -0.540. The third-order valence-corrected chi connectivity index (χ3v) is 3.07. The van der Waals surface area contributed by atoms with E-state index in [1.54, 1.807) is 0 Å². The molecule has 0 saturated carbocycles. The van der Waals surface area contributed by atoms with Crippen molar-refractivity contribution >= 4 is 11.9 Å². The molecule has 0 aliphatic carbocycles. The first-order valence-corrected chi connectivity index (χ1v) is 6.12. The third kappa shape index (κ3) is 4.34. The lowest BCUT2D eigenvalue weighted by molar-refractivity contribution is -0.146. The fourth-order valence-corrected chi connectivity index (χ4v) is 2.01. The van der Waals surface area contributed by atoms with Crippen LogP contribution >= 0.6 is 0 Å². The number of methoxy groups -OCH3 is 1. The molecule has 1 rings (SSSR count). The summed E-state index contributed by atoms with van der Waals surface area (Å²) in [4.78, 5) is 23.3. The van der Waals surface area contributed by atoms with E-state index in [0.29, 0.717) is 12.3 Å². The topological polar surface area (TPSA) is 67.4 Å². The molecule has 17 heavy (non-hydrogen) atoms. The summed E-state index contributed by atoms with van der Waals surface area (Å²) < 4.78 is 4.68. The molecule has 5 nitrogen and oxygen atoms in total. The van der Waals surface area contributed by atoms with Crippen molar-refractivity contribution < 1.29 is 14.3 Å². The van der Waals surface area contributed by atoms with Crippen LogP contribution in [-0.2, 0) is 14.3 Å². The number of esters is 1. The van der Waals surface area contributed by atoms with Crippen molar-refractivity contribution in [2.24, 2.45) is 11.8 Å². The summed E-state index contributed by atoms with van der Waals surface area (Å²) in [6, 6.07) is -0.540. The number of carbonyl (C=O) groups excluding carboxylic acids is 2. The van der Waals surface area contributed by atoms with Crippen molar-refractivity contribution in [3.05, 3.63) is 0 Å². The number of ether oxygens (including phenoxy) is 1. The molecule has 0 spiro atoms. The number of nitrogens with one attached hydrogen (secondary N) is 2. The van der Waals surface area contributed by atoms with Crippen LogP contribution in [0.4, 0.5) is 0 Å². The van der Waals surface area contributed by atoms with Gasteiger partial charge in [-0.1, -0.05) is 13.8 Å². The van der Waals surface area contributed by atoms with E-state index < -0.39 is 6.04 Å². The summed E-state index contributed by atoms with van der Waals surface area (Å²) >= 11 is 0. The van der Waals surface area contributed by atoms with Crippen LogP contribution in [0.15, 0.2) is 0 Å². The maximum Gasteiger partial charge on any atom is 0.328 e. The van der Waals surface area contributed by atoms with Gasteiger partial charge in [0.1, 0.15) is 6.04 Å². The Hall–Kier alpha value is -1.10. The fraction of sp³-hybridized carbons (Fsp3) is 0.833. The van der Waals surface area contributed by atoms with Crippen molar-refractivity contribution in [3.63, 3.8) is 0 Å². The minimum Gasteiger partial charge on any atom is -0.467 e. The Bertz CT molecular complexity index is 273. The average molecular weight is 242 g/mol. The number of carbonyl (C=O) groups is 2. The summed E-state index contributed by atoms with van der Waals surface area (Å²) in [5, 5.41) is 5.97. The molecule has 2 atom stereocenters. The van der Waals surface area contributed by atoms with Gasteiger partial charge in [-0.3, -0.25) is 4.79 Å². The van der Waals surface area contributed by atoms with Crippen molar-refractivity contribution in [2.45, 2.75) is 32.7 Å². The Labute approximate surface area is 102 Å². The standard InChI is InChI=1S/C12H22N2O3/c1-8(2)11(12(16)17-3)14-10(15)6-9-4-5-13-7-9/h8-9,11,13H,4-7H2,1-3H3,(H,14,15). The van der Waals surface area contributed by atoms with Crippen molar-refractivity contribution in [2.75, 3.05) is 20.2 Å². The van der Waals surface area contributed by atoms with Gasteiger partial charge in [0.05, 0.1) is 7.11 Å². The lowest BCUT2D eigenvalue weighted by Gasteiger charge is -2.20. The van der Waals surface area contributed by atoms with Crippen LogP contribution in [-0.4, -0.2) is 38.1 Å². The largest absolute Gasteiger partial charge is 0.467 e. The fourth-order valence-electron chi connectivity index (χ4n) is 2.01.